The minimum atomic E-state index is -0.143. The van der Waals surface area contributed by atoms with Gasteiger partial charge in [-0.1, -0.05) is 26.8 Å². The second kappa shape index (κ2) is 5.87. The van der Waals surface area contributed by atoms with Crippen LogP contribution < -0.4 is 15.6 Å². The number of hydrogen-bond acceptors (Lipinski definition) is 3. The third-order valence-electron chi connectivity index (χ3n) is 2.57. The van der Waals surface area contributed by atoms with Gasteiger partial charge < -0.3 is 4.74 Å². The summed E-state index contributed by atoms with van der Waals surface area (Å²) in [6, 6.07) is 5.44. The summed E-state index contributed by atoms with van der Waals surface area (Å²) in [6.45, 7) is 8.88. The van der Waals surface area contributed by atoms with Gasteiger partial charge in [0.2, 0.25) is 0 Å². The van der Waals surface area contributed by atoms with Gasteiger partial charge in [-0.25, -0.2) is 5.43 Å². The van der Waals surface area contributed by atoms with E-state index in [0.29, 0.717) is 12.1 Å². The van der Waals surface area contributed by atoms with Gasteiger partial charge in [-0.15, -0.1) is 0 Å². The SMILES string of the molecule is COc1cccc(C(=O)NNCC(C)(C)C)c1C. The molecule has 18 heavy (non-hydrogen) atoms. The average molecular weight is 250 g/mol. The van der Waals surface area contributed by atoms with E-state index in [9.17, 15) is 4.79 Å². The molecule has 1 amide bonds. The summed E-state index contributed by atoms with van der Waals surface area (Å²) < 4.78 is 5.19. The zero-order valence-corrected chi connectivity index (χ0v) is 11.8. The second-order valence-corrected chi connectivity index (χ2v) is 5.50. The first kappa shape index (κ1) is 14.5. The summed E-state index contributed by atoms with van der Waals surface area (Å²) in [4.78, 5) is 12.0. The molecule has 0 aliphatic rings. The number of carbonyl (C=O) groups excluding carboxylic acids is 1. The number of hydrazine groups is 1. The number of ether oxygens (including phenoxy) is 1. The standard InChI is InChI=1S/C14H22N2O2/c1-10-11(7-6-8-12(10)18-5)13(17)16-15-9-14(2,3)4/h6-8,15H,9H2,1-5H3,(H,16,17). The van der Waals surface area contributed by atoms with Crippen LogP contribution in [0.5, 0.6) is 5.75 Å². The zero-order valence-electron chi connectivity index (χ0n) is 11.8. The Morgan fingerprint density at radius 3 is 2.56 bits per heavy atom. The van der Waals surface area contributed by atoms with Crippen molar-refractivity contribution >= 4 is 5.91 Å². The normalized spacial score (nSPS) is 11.2. The van der Waals surface area contributed by atoms with Crippen molar-refractivity contribution in [2.75, 3.05) is 13.7 Å². The van der Waals surface area contributed by atoms with Crippen LogP contribution in [-0.2, 0) is 0 Å². The molecule has 0 fully saturated rings. The smallest absolute Gasteiger partial charge is 0.265 e. The maximum absolute atomic E-state index is 12.0. The molecule has 0 atom stereocenters. The van der Waals surface area contributed by atoms with E-state index < -0.39 is 0 Å². The van der Waals surface area contributed by atoms with Gasteiger partial charge >= 0.3 is 0 Å². The third kappa shape index (κ3) is 4.04. The number of methoxy groups -OCH3 is 1. The topological polar surface area (TPSA) is 50.4 Å². The van der Waals surface area contributed by atoms with E-state index in [1.807, 2.05) is 19.1 Å². The Bertz CT molecular complexity index is 422. The molecule has 0 heterocycles. The van der Waals surface area contributed by atoms with Crippen LogP contribution in [0.25, 0.3) is 0 Å². The van der Waals surface area contributed by atoms with Crippen molar-refractivity contribution in [1.29, 1.82) is 0 Å². The van der Waals surface area contributed by atoms with Crippen molar-refractivity contribution in [2.24, 2.45) is 5.41 Å². The van der Waals surface area contributed by atoms with Crippen LogP contribution in [-0.4, -0.2) is 19.6 Å². The number of hydrogen-bond donors (Lipinski definition) is 2. The number of rotatable bonds is 4. The predicted molar refractivity (Wildman–Crippen MR) is 72.7 cm³/mol. The lowest BCUT2D eigenvalue weighted by Gasteiger charge is -2.19. The highest BCUT2D eigenvalue weighted by Crippen LogP contribution is 2.20. The number of nitrogens with one attached hydrogen (secondary N) is 2. The molecule has 0 unspecified atom stereocenters. The van der Waals surface area contributed by atoms with Gasteiger partial charge in [-0.2, -0.15) is 0 Å². The molecule has 1 aromatic rings. The summed E-state index contributed by atoms with van der Waals surface area (Å²) in [5.74, 6) is 0.578. The van der Waals surface area contributed by atoms with Crippen LogP contribution in [0.15, 0.2) is 18.2 Å². The summed E-state index contributed by atoms with van der Waals surface area (Å²) >= 11 is 0. The number of amides is 1. The first-order valence-electron chi connectivity index (χ1n) is 6.02. The van der Waals surface area contributed by atoms with Crippen LogP contribution in [0.3, 0.4) is 0 Å². The van der Waals surface area contributed by atoms with E-state index in [-0.39, 0.29) is 11.3 Å². The molecule has 0 saturated carbocycles. The highest BCUT2D eigenvalue weighted by molar-refractivity contribution is 5.95. The Hall–Kier alpha value is -1.55. The molecule has 0 bridgehead atoms. The molecule has 1 rings (SSSR count). The second-order valence-electron chi connectivity index (χ2n) is 5.50. The molecule has 1 aromatic carbocycles. The predicted octanol–water partition coefficient (Wildman–Crippen LogP) is 2.28. The Labute approximate surface area is 109 Å². The quantitative estimate of drug-likeness (QED) is 0.806. The molecular weight excluding hydrogens is 228 g/mol. The lowest BCUT2D eigenvalue weighted by Crippen LogP contribution is -2.42. The number of benzene rings is 1. The van der Waals surface area contributed by atoms with E-state index in [1.54, 1.807) is 13.2 Å². The van der Waals surface area contributed by atoms with Crippen LogP contribution in [0.4, 0.5) is 0 Å². The molecular formula is C14H22N2O2. The molecule has 0 aliphatic carbocycles. The van der Waals surface area contributed by atoms with Gasteiger partial charge in [0, 0.05) is 17.7 Å². The Balaban J connectivity index is 2.68. The Kier molecular flexibility index (Phi) is 4.73. The fourth-order valence-corrected chi connectivity index (χ4v) is 1.54. The van der Waals surface area contributed by atoms with Gasteiger partial charge in [0.25, 0.3) is 5.91 Å². The lowest BCUT2D eigenvalue weighted by molar-refractivity contribution is 0.0926. The molecule has 0 aliphatic heterocycles. The Morgan fingerprint density at radius 1 is 1.33 bits per heavy atom. The lowest BCUT2D eigenvalue weighted by atomic mass is 9.97. The molecule has 4 heteroatoms. The van der Waals surface area contributed by atoms with Crippen molar-refractivity contribution in [1.82, 2.24) is 10.9 Å². The molecule has 4 nitrogen and oxygen atoms in total. The van der Waals surface area contributed by atoms with Crippen molar-refractivity contribution in [3.05, 3.63) is 29.3 Å². The first-order valence-corrected chi connectivity index (χ1v) is 6.02. The molecule has 0 aromatic heterocycles. The summed E-state index contributed by atoms with van der Waals surface area (Å²) in [7, 11) is 1.60. The van der Waals surface area contributed by atoms with E-state index in [2.05, 4.69) is 31.6 Å². The monoisotopic (exact) mass is 250 g/mol. The maximum Gasteiger partial charge on any atom is 0.265 e. The van der Waals surface area contributed by atoms with Crippen molar-refractivity contribution in [3.8, 4) is 5.75 Å². The van der Waals surface area contributed by atoms with E-state index in [1.165, 1.54) is 0 Å². The first-order chi connectivity index (χ1) is 8.35. The molecule has 0 saturated heterocycles. The minimum absolute atomic E-state index is 0.122. The third-order valence-corrected chi connectivity index (χ3v) is 2.57. The van der Waals surface area contributed by atoms with Crippen LogP contribution in [0.1, 0.15) is 36.7 Å². The van der Waals surface area contributed by atoms with Crippen molar-refractivity contribution < 1.29 is 9.53 Å². The van der Waals surface area contributed by atoms with Crippen LogP contribution in [0.2, 0.25) is 0 Å². The Morgan fingerprint density at radius 2 is 2.00 bits per heavy atom. The highest BCUT2D eigenvalue weighted by Gasteiger charge is 2.13. The molecule has 0 spiro atoms. The van der Waals surface area contributed by atoms with Gasteiger partial charge in [-0.05, 0) is 24.5 Å². The van der Waals surface area contributed by atoms with Gasteiger partial charge in [0.05, 0.1) is 7.11 Å². The largest absolute Gasteiger partial charge is 0.496 e. The van der Waals surface area contributed by atoms with Crippen LogP contribution in [0, 0.1) is 12.3 Å². The fourth-order valence-electron chi connectivity index (χ4n) is 1.54. The maximum atomic E-state index is 12.0. The highest BCUT2D eigenvalue weighted by atomic mass is 16.5. The average Bonchev–Trinajstić information content (AvgIpc) is 2.27. The zero-order chi connectivity index (χ0) is 13.8. The van der Waals surface area contributed by atoms with Crippen molar-refractivity contribution in [3.63, 3.8) is 0 Å². The fraction of sp³-hybridized carbons (Fsp3) is 0.500. The molecule has 0 radical (unpaired) electrons. The molecule has 100 valence electrons. The van der Waals surface area contributed by atoms with E-state index in [0.717, 1.165) is 11.3 Å². The summed E-state index contributed by atoms with van der Waals surface area (Å²) in [6.07, 6.45) is 0. The summed E-state index contributed by atoms with van der Waals surface area (Å²) in [5, 5.41) is 0. The van der Waals surface area contributed by atoms with Crippen molar-refractivity contribution in [2.45, 2.75) is 27.7 Å². The van der Waals surface area contributed by atoms with Gasteiger partial charge in [0.1, 0.15) is 5.75 Å². The number of carbonyl (C=O) groups is 1. The van der Waals surface area contributed by atoms with E-state index in [4.69, 9.17) is 4.74 Å². The minimum Gasteiger partial charge on any atom is -0.496 e. The van der Waals surface area contributed by atoms with Gasteiger partial charge in [-0.3, -0.25) is 10.2 Å². The summed E-state index contributed by atoms with van der Waals surface area (Å²) in [5.41, 5.74) is 7.24. The van der Waals surface area contributed by atoms with E-state index >= 15 is 0 Å². The van der Waals surface area contributed by atoms with Crippen LogP contribution >= 0.6 is 0 Å². The van der Waals surface area contributed by atoms with Gasteiger partial charge in [0.15, 0.2) is 0 Å². The molecule has 2 N–H and O–H groups in total.